The SMILES string of the molecule is POC1Cc2ccccc2NC2=C1C=CCC2. The third kappa shape index (κ3) is 2.03. The van der Waals surface area contributed by atoms with Gasteiger partial charge in [0.05, 0.1) is 6.10 Å². The molecule has 1 aromatic rings. The van der Waals surface area contributed by atoms with Crippen LogP contribution in [0.3, 0.4) is 0 Å². The molecule has 0 amide bonds. The molecule has 0 fully saturated rings. The van der Waals surface area contributed by atoms with Crippen molar-refractivity contribution in [3.05, 3.63) is 53.3 Å². The first kappa shape index (κ1) is 11.0. The van der Waals surface area contributed by atoms with E-state index in [4.69, 9.17) is 4.52 Å². The van der Waals surface area contributed by atoms with Gasteiger partial charge in [0.2, 0.25) is 0 Å². The second kappa shape index (κ2) is 4.64. The molecule has 0 saturated carbocycles. The van der Waals surface area contributed by atoms with Crippen molar-refractivity contribution in [3.63, 3.8) is 0 Å². The van der Waals surface area contributed by atoms with Crippen LogP contribution >= 0.6 is 9.47 Å². The first-order chi connectivity index (χ1) is 8.38. The Morgan fingerprint density at radius 3 is 3.06 bits per heavy atom. The monoisotopic (exact) mass is 245 g/mol. The fourth-order valence-electron chi connectivity index (χ4n) is 2.53. The Morgan fingerprint density at radius 2 is 2.18 bits per heavy atom. The van der Waals surface area contributed by atoms with Crippen molar-refractivity contribution in [2.75, 3.05) is 5.32 Å². The number of benzene rings is 1. The average molecular weight is 245 g/mol. The number of hydrogen-bond donors (Lipinski definition) is 1. The van der Waals surface area contributed by atoms with E-state index in [-0.39, 0.29) is 6.10 Å². The maximum atomic E-state index is 5.57. The number of anilines is 1. The third-order valence-electron chi connectivity index (χ3n) is 3.43. The number of rotatable bonds is 1. The highest BCUT2D eigenvalue weighted by Crippen LogP contribution is 2.33. The lowest BCUT2D eigenvalue weighted by Gasteiger charge is -2.20. The second-order valence-corrected chi connectivity index (χ2v) is 4.76. The van der Waals surface area contributed by atoms with Crippen molar-refractivity contribution in [3.8, 4) is 0 Å². The van der Waals surface area contributed by atoms with Crippen molar-refractivity contribution in [1.82, 2.24) is 0 Å². The molecule has 2 nitrogen and oxygen atoms in total. The van der Waals surface area contributed by atoms with Crippen molar-refractivity contribution in [2.24, 2.45) is 0 Å². The molecule has 0 radical (unpaired) electrons. The van der Waals surface area contributed by atoms with E-state index in [2.05, 4.69) is 51.2 Å². The topological polar surface area (TPSA) is 21.3 Å². The van der Waals surface area contributed by atoms with Crippen LogP contribution in [0.15, 0.2) is 47.7 Å². The van der Waals surface area contributed by atoms with E-state index in [1.54, 1.807) is 0 Å². The number of hydrogen-bond acceptors (Lipinski definition) is 2. The molecule has 2 aliphatic rings. The zero-order valence-electron chi connectivity index (χ0n) is 9.65. The van der Waals surface area contributed by atoms with E-state index in [1.165, 1.54) is 22.5 Å². The van der Waals surface area contributed by atoms with Crippen LogP contribution in [-0.2, 0) is 10.9 Å². The molecule has 0 saturated heterocycles. The molecule has 2 atom stereocenters. The summed E-state index contributed by atoms with van der Waals surface area (Å²) in [7, 11) is 2.40. The van der Waals surface area contributed by atoms with Gasteiger partial charge in [0.1, 0.15) is 0 Å². The first-order valence-electron chi connectivity index (χ1n) is 5.98. The summed E-state index contributed by atoms with van der Waals surface area (Å²) >= 11 is 0. The minimum atomic E-state index is 0.141. The van der Waals surface area contributed by atoms with Gasteiger partial charge in [0.15, 0.2) is 0 Å². The quantitative estimate of drug-likeness (QED) is 0.765. The van der Waals surface area contributed by atoms with Crippen molar-refractivity contribution < 1.29 is 4.52 Å². The maximum absolute atomic E-state index is 5.57. The molecule has 1 heterocycles. The van der Waals surface area contributed by atoms with E-state index in [1.807, 2.05) is 0 Å². The van der Waals surface area contributed by atoms with Gasteiger partial charge in [0, 0.05) is 32.8 Å². The van der Waals surface area contributed by atoms with Crippen LogP contribution in [0, 0.1) is 0 Å². The lowest BCUT2D eigenvalue weighted by molar-refractivity contribution is 0.284. The van der Waals surface area contributed by atoms with Gasteiger partial charge in [-0.25, -0.2) is 0 Å². The van der Waals surface area contributed by atoms with Gasteiger partial charge in [-0.3, -0.25) is 0 Å². The van der Waals surface area contributed by atoms with Gasteiger partial charge >= 0.3 is 0 Å². The summed E-state index contributed by atoms with van der Waals surface area (Å²) in [5.74, 6) is 0. The minimum Gasteiger partial charge on any atom is -0.358 e. The Morgan fingerprint density at radius 1 is 1.29 bits per heavy atom. The summed E-state index contributed by atoms with van der Waals surface area (Å²) in [6.07, 6.45) is 7.68. The molecular formula is C14H16NOP. The van der Waals surface area contributed by atoms with Crippen molar-refractivity contribution >= 4 is 15.2 Å². The number of allylic oxidation sites excluding steroid dienone is 2. The molecule has 3 rings (SSSR count). The molecule has 1 aliphatic carbocycles. The second-order valence-electron chi connectivity index (χ2n) is 4.49. The Kier molecular flexibility index (Phi) is 3.00. The minimum absolute atomic E-state index is 0.141. The average Bonchev–Trinajstić information content (AvgIpc) is 2.54. The van der Waals surface area contributed by atoms with Gasteiger partial charge in [0.25, 0.3) is 0 Å². The van der Waals surface area contributed by atoms with Crippen LogP contribution in [0.2, 0.25) is 0 Å². The zero-order chi connectivity index (χ0) is 11.7. The highest BCUT2D eigenvalue weighted by molar-refractivity contribution is 7.09. The van der Waals surface area contributed by atoms with Crippen molar-refractivity contribution in [1.29, 1.82) is 0 Å². The van der Waals surface area contributed by atoms with Crippen LogP contribution in [0.4, 0.5) is 5.69 Å². The predicted octanol–water partition coefficient (Wildman–Crippen LogP) is 3.43. The molecule has 2 unspecified atom stereocenters. The molecule has 3 heteroatoms. The Bertz CT molecular complexity index is 493. The predicted molar refractivity (Wildman–Crippen MR) is 73.8 cm³/mol. The van der Waals surface area contributed by atoms with Gasteiger partial charge < -0.3 is 9.84 Å². The summed E-state index contributed by atoms with van der Waals surface area (Å²) in [6.45, 7) is 0. The fourth-order valence-corrected chi connectivity index (χ4v) is 2.78. The maximum Gasteiger partial charge on any atom is 0.0918 e. The molecule has 0 spiro atoms. The number of fused-ring (bicyclic) bond motifs is 1. The summed E-state index contributed by atoms with van der Waals surface area (Å²) in [6, 6.07) is 8.47. The van der Waals surface area contributed by atoms with Crippen LogP contribution in [-0.4, -0.2) is 6.10 Å². The number of nitrogens with one attached hydrogen (secondary N) is 1. The van der Waals surface area contributed by atoms with E-state index >= 15 is 0 Å². The molecule has 0 bridgehead atoms. The summed E-state index contributed by atoms with van der Waals surface area (Å²) in [5.41, 5.74) is 5.15. The third-order valence-corrected chi connectivity index (χ3v) is 3.75. The standard InChI is InChI=1S/C14H16NOP/c17-16-14-9-10-5-1-3-7-12(10)15-13-8-4-2-6-11(13)14/h1-3,5-7,14-15H,4,8-9,17H2. The van der Waals surface area contributed by atoms with Crippen LogP contribution < -0.4 is 5.32 Å². The summed E-state index contributed by atoms with van der Waals surface area (Å²) < 4.78 is 5.57. The molecule has 1 aliphatic heterocycles. The Hall–Kier alpha value is -1.11. The molecule has 1 N–H and O–H groups in total. The lowest BCUT2D eigenvalue weighted by atomic mass is 9.96. The fraction of sp³-hybridized carbons (Fsp3) is 0.286. The molecule has 1 aromatic carbocycles. The smallest absolute Gasteiger partial charge is 0.0918 e. The highest BCUT2D eigenvalue weighted by Gasteiger charge is 2.23. The number of para-hydroxylation sites is 1. The van der Waals surface area contributed by atoms with Crippen molar-refractivity contribution in [2.45, 2.75) is 25.4 Å². The highest BCUT2D eigenvalue weighted by atomic mass is 31.0. The van der Waals surface area contributed by atoms with Gasteiger partial charge in [-0.1, -0.05) is 30.4 Å². The lowest BCUT2D eigenvalue weighted by Crippen LogP contribution is -2.16. The van der Waals surface area contributed by atoms with Crippen LogP contribution in [0.1, 0.15) is 18.4 Å². The molecule has 0 aromatic heterocycles. The molecule has 17 heavy (non-hydrogen) atoms. The summed E-state index contributed by atoms with van der Waals surface area (Å²) in [4.78, 5) is 0. The summed E-state index contributed by atoms with van der Waals surface area (Å²) in [5, 5.41) is 3.56. The normalized spacial score (nSPS) is 22.5. The van der Waals surface area contributed by atoms with Crippen LogP contribution in [0.5, 0.6) is 0 Å². The van der Waals surface area contributed by atoms with Gasteiger partial charge in [-0.15, -0.1) is 0 Å². The molecular weight excluding hydrogens is 229 g/mol. The van der Waals surface area contributed by atoms with Gasteiger partial charge in [-0.05, 0) is 24.5 Å². The largest absolute Gasteiger partial charge is 0.358 e. The first-order valence-corrected chi connectivity index (χ1v) is 6.45. The van der Waals surface area contributed by atoms with E-state index in [9.17, 15) is 0 Å². The van der Waals surface area contributed by atoms with E-state index < -0.39 is 0 Å². The van der Waals surface area contributed by atoms with E-state index in [0.717, 1.165) is 19.3 Å². The van der Waals surface area contributed by atoms with E-state index in [0.29, 0.717) is 0 Å². The molecule has 88 valence electrons. The Labute approximate surface area is 104 Å². The zero-order valence-corrected chi connectivity index (χ0v) is 10.8. The van der Waals surface area contributed by atoms with Gasteiger partial charge in [-0.2, -0.15) is 0 Å². The van der Waals surface area contributed by atoms with Crippen LogP contribution in [0.25, 0.3) is 0 Å². The Balaban J connectivity index is 2.06.